The predicted molar refractivity (Wildman–Crippen MR) is 103 cm³/mol. The van der Waals surface area contributed by atoms with Gasteiger partial charge < -0.3 is 22.3 Å². The van der Waals surface area contributed by atoms with E-state index in [0.29, 0.717) is 0 Å². The molecule has 1 aromatic heterocycles. The Labute approximate surface area is 167 Å². The molecule has 0 saturated carbocycles. The minimum absolute atomic E-state index is 0. The van der Waals surface area contributed by atoms with Crippen molar-refractivity contribution in [2.45, 2.75) is 23.9 Å². The van der Waals surface area contributed by atoms with Crippen molar-refractivity contribution in [1.29, 1.82) is 0 Å². The minimum atomic E-state index is 0. The fraction of sp³-hybridized carbons (Fsp3) is 0.105. The number of H-pyrrole nitrogens is 1. The first-order chi connectivity index (χ1) is 11.6. The van der Waals surface area contributed by atoms with Gasteiger partial charge in [-0.15, -0.1) is 0 Å². The van der Waals surface area contributed by atoms with E-state index >= 15 is 0 Å². The Kier molecular flexibility index (Phi) is 5.32. The lowest BCUT2D eigenvalue weighted by Gasteiger charge is -2.18. The van der Waals surface area contributed by atoms with E-state index in [4.69, 9.17) is 0 Å². The number of thioether (sulfide) groups is 1. The second kappa shape index (κ2) is 7.32. The van der Waals surface area contributed by atoms with Crippen LogP contribution in [0.5, 0.6) is 0 Å². The highest BCUT2D eigenvalue weighted by Crippen LogP contribution is 2.37. The largest absolute Gasteiger partial charge is 1.00 e. The van der Waals surface area contributed by atoms with Crippen molar-refractivity contribution < 1.29 is 21.5 Å². The summed E-state index contributed by atoms with van der Waals surface area (Å²) in [6.45, 7) is 4.17. The van der Waals surface area contributed by atoms with Crippen LogP contribution in [0.1, 0.15) is 17.0 Å². The Hall–Kier alpha value is -1.63. The van der Waals surface area contributed by atoms with Crippen LogP contribution < -0.4 is 26.9 Å². The highest BCUT2D eigenvalue weighted by molar-refractivity contribution is 8.02. The van der Waals surface area contributed by atoms with Gasteiger partial charge in [-0.2, -0.15) is 4.57 Å². The van der Waals surface area contributed by atoms with Crippen LogP contribution in [0.3, 0.4) is 0 Å². The van der Waals surface area contributed by atoms with E-state index in [1.54, 1.807) is 11.8 Å². The molecule has 0 amide bonds. The zero-order valence-electron chi connectivity index (χ0n) is 13.9. The van der Waals surface area contributed by atoms with E-state index < -0.39 is 0 Å². The topological polar surface area (TPSA) is 31.7 Å². The van der Waals surface area contributed by atoms with Gasteiger partial charge >= 0.3 is 5.16 Å². The molecule has 3 nitrogen and oxygen atoms in total. The average molecular weight is 432 g/mol. The number of thiol groups is 1. The first kappa shape index (κ1) is 18.2. The highest BCUT2D eigenvalue weighted by Gasteiger charge is 2.27. The summed E-state index contributed by atoms with van der Waals surface area (Å²) < 4.78 is 2.14. The molecule has 2 heterocycles. The number of aromatic amines is 1. The highest BCUT2D eigenvalue weighted by atomic mass is 79.9. The molecule has 0 saturated heterocycles. The molecular weight excluding hydrogens is 414 g/mol. The monoisotopic (exact) mass is 431 g/mol. The Bertz CT molecular complexity index is 946. The Morgan fingerprint density at radius 1 is 1.00 bits per heavy atom. The number of anilines is 1. The number of rotatable bonds is 2. The summed E-state index contributed by atoms with van der Waals surface area (Å²) in [5.41, 5.74) is 6.74. The van der Waals surface area contributed by atoms with Crippen molar-refractivity contribution >= 4 is 35.8 Å². The van der Waals surface area contributed by atoms with Gasteiger partial charge in [0.15, 0.2) is 5.69 Å². The van der Waals surface area contributed by atoms with Gasteiger partial charge in [0.1, 0.15) is 11.4 Å². The molecule has 0 spiro atoms. The molecule has 6 heteroatoms. The van der Waals surface area contributed by atoms with Crippen molar-refractivity contribution in [2.24, 2.45) is 0 Å². The number of aromatic nitrogens is 2. The van der Waals surface area contributed by atoms with Gasteiger partial charge in [-0.3, -0.25) is 0 Å². The molecule has 3 aromatic rings. The second-order valence-electron chi connectivity index (χ2n) is 5.86. The van der Waals surface area contributed by atoms with E-state index in [-0.39, 0.29) is 17.0 Å². The fourth-order valence-electron chi connectivity index (χ4n) is 2.91. The summed E-state index contributed by atoms with van der Waals surface area (Å²) in [5.74, 6) is 0. The number of nitrogens with one attached hydrogen (secondary N) is 2. The normalized spacial score (nSPS) is 12.7. The first-order valence-corrected chi connectivity index (χ1v) is 9.10. The summed E-state index contributed by atoms with van der Waals surface area (Å²) in [6.07, 6.45) is 0. The Balaban J connectivity index is 0.00000182. The van der Waals surface area contributed by atoms with Crippen LogP contribution in [0.2, 0.25) is 0 Å². The lowest BCUT2D eigenvalue weighted by molar-refractivity contribution is -0.637. The third-order valence-electron chi connectivity index (χ3n) is 4.10. The van der Waals surface area contributed by atoms with Gasteiger partial charge in [0, 0.05) is 17.2 Å². The van der Waals surface area contributed by atoms with Crippen LogP contribution in [0.4, 0.5) is 5.69 Å². The van der Waals surface area contributed by atoms with E-state index in [9.17, 15) is 0 Å². The van der Waals surface area contributed by atoms with Crippen molar-refractivity contribution in [3.63, 3.8) is 0 Å². The van der Waals surface area contributed by atoms with Gasteiger partial charge in [-0.25, -0.2) is 4.98 Å². The van der Waals surface area contributed by atoms with E-state index in [0.717, 1.165) is 33.6 Å². The molecule has 1 aliphatic heterocycles. The molecule has 0 radical (unpaired) electrons. The number of hydrogen-bond acceptors (Lipinski definition) is 3. The van der Waals surface area contributed by atoms with Crippen molar-refractivity contribution in [3.8, 4) is 5.69 Å². The Morgan fingerprint density at radius 3 is 2.48 bits per heavy atom. The quantitative estimate of drug-likeness (QED) is 0.426. The zero-order valence-corrected chi connectivity index (χ0v) is 17.2. The lowest BCUT2D eigenvalue weighted by Crippen LogP contribution is -3.00. The van der Waals surface area contributed by atoms with Crippen LogP contribution in [-0.2, 0) is 0 Å². The van der Waals surface area contributed by atoms with E-state index in [1.165, 1.54) is 10.5 Å². The van der Waals surface area contributed by atoms with Gasteiger partial charge in [-0.05, 0) is 31.2 Å². The maximum Gasteiger partial charge on any atom is 0.318 e. The lowest BCUT2D eigenvalue weighted by atomic mass is 10.2. The van der Waals surface area contributed by atoms with Crippen molar-refractivity contribution in [2.75, 3.05) is 5.32 Å². The number of para-hydroxylation sites is 1. The summed E-state index contributed by atoms with van der Waals surface area (Å²) in [7, 11) is 0. The molecule has 0 aliphatic carbocycles. The van der Waals surface area contributed by atoms with Crippen molar-refractivity contribution in [1.82, 2.24) is 4.98 Å². The van der Waals surface area contributed by atoms with Crippen molar-refractivity contribution in [3.05, 3.63) is 70.9 Å². The summed E-state index contributed by atoms with van der Waals surface area (Å²) in [4.78, 5) is 4.59. The van der Waals surface area contributed by atoms with E-state index in [2.05, 4.69) is 95.3 Å². The third-order valence-corrected chi connectivity index (χ3v) is 5.37. The number of hydrogen-bond donors (Lipinski definition) is 3. The van der Waals surface area contributed by atoms with Crippen LogP contribution >= 0.6 is 24.4 Å². The average Bonchev–Trinajstić information content (AvgIpc) is 2.89. The molecule has 2 aromatic carbocycles. The molecular formula is C19H18BrN3S2. The van der Waals surface area contributed by atoms with Gasteiger partial charge in [0.2, 0.25) is 0 Å². The maximum absolute atomic E-state index is 4.65. The number of aryl methyl sites for hydroxylation is 2. The number of nitrogens with zero attached hydrogens (tertiary/aromatic N) is 1. The number of imidazole rings is 1. The number of fused-ring (bicyclic) bond motifs is 1. The van der Waals surface area contributed by atoms with Gasteiger partial charge in [-0.1, -0.05) is 54.2 Å². The van der Waals surface area contributed by atoms with Crippen LogP contribution in [0.25, 0.3) is 11.4 Å². The smallest absolute Gasteiger partial charge is 0.318 e. The SMILES string of the molecule is Cc1ccc(-[n+]2c(S)[nH]c(C)c2C2=CSc3ccccc3N2)cc1.[Br-]. The molecule has 128 valence electrons. The molecule has 0 unspecified atom stereocenters. The maximum atomic E-state index is 4.65. The van der Waals surface area contributed by atoms with Gasteiger partial charge in [0.25, 0.3) is 0 Å². The third kappa shape index (κ3) is 3.38. The summed E-state index contributed by atoms with van der Waals surface area (Å²) >= 11 is 6.39. The number of halogens is 1. The number of benzene rings is 2. The van der Waals surface area contributed by atoms with Crippen LogP contribution in [0.15, 0.2) is 64.0 Å². The molecule has 2 N–H and O–H groups in total. The zero-order chi connectivity index (χ0) is 16.7. The second-order valence-corrected chi connectivity index (χ2v) is 7.20. The first-order valence-electron chi connectivity index (χ1n) is 7.77. The predicted octanol–water partition coefficient (Wildman–Crippen LogP) is 1.72. The molecule has 1 aliphatic rings. The minimum Gasteiger partial charge on any atom is -1.00 e. The molecule has 0 bridgehead atoms. The van der Waals surface area contributed by atoms with E-state index in [1.807, 2.05) is 0 Å². The Morgan fingerprint density at radius 2 is 1.72 bits per heavy atom. The molecule has 0 fully saturated rings. The summed E-state index contributed by atoms with van der Waals surface area (Å²) in [5, 5.41) is 6.54. The molecule has 25 heavy (non-hydrogen) atoms. The summed E-state index contributed by atoms with van der Waals surface area (Å²) in [6, 6.07) is 16.8. The van der Waals surface area contributed by atoms with Crippen LogP contribution in [-0.4, -0.2) is 4.98 Å². The molecule has 0 atom stereocenters. The molecule has 4 rings (SSSR count). The van der Waals surface area contributed by atoms with Crippen LogP contribution in [0, 0.1) is 13.8 Å². The standard InChI is InChI=1S/C19H17N3S2.BrH/c1-12-7-9-14(10-8-12)22-18(13(2)20-19(22)23)16-11-24-17-6-4-3-5-15(17)21-16;/h3-11,21H,1-2H3,(H,20,23);1H. The van der Waals surface area contributed by atoms with Gasteiger partial charge in [0.05, 0.1) is 11.4 Å². The fourth-order valence-corrected chi connectivity index (χ4v) is 4.11.